The zero-order valence-corrected chi connectivity index (χ0v) is 21.9. The fraction of sp³-hybridized carbons (Fsp3) is 0.357. The monoisotopic (exact) mass is 542 g/mol. The van der Waals surface area contributed by atoms with Gasteiger partial charge in [0.05, 0.1) is 11.1 Å². The molecule has 0 aromatic heterocycles. The Morgan fingerprint density at radius 3 is 2.38 bits per heavy atom. The lowest BCUT2D eigenvalue weighted by atomic mass is 10.0. The lowest BCUT2D eigenvalue weighted by molar-refractivity contribution is 0.190. The largest absolute Gasteiger partial charge is 0.490 e. The summed E-state index contributed by atoms with van der Waals surface area (Å²) in [4.78, 5) is 2.55. The van der Waals surface area contributed by atoms with Gasteiger partial charge in [0.2, 0.25) is 0 Å². The van der Waals surface area contributed by atoms with Gasteiger partial charge in [0.1, 0.15) is 6.61 Å². The maximum Gasteiger partial charge on any atom is 0.175 e. The minimum Gasteiger partial charge on any atom is -0.490 e. The van der Waals surface area contributed by atoms with E-state index in [1.165, 1.54) is 11.1 Å². The SMILES string of the molecule is CCOc1cc(CNC2CCN(Cc3ccccc3)CC2)cc(Br)c1OCc1ccc(Cl)cc1. The van der Waals surface area contributed by atoms with Gasteiger partial charge in [0, 0.05) is 24.2 Å². The topological polar surface area (TPSA) is 33.7 Å². The molecule has 0 spiro atoms. The lowest BCUT2D eigenvalue weighted by Crippen LogP contribution is -2.41. The predicted molar refractivity (Wildman–Crippen MR) is 143 cm³/mol. The van der Waals surface area contributed by atoms with E-state index in [9.17, 15) is 0 Å². The van der Waals surface area contributed by atoms with Gasteiger partial charge in [-0.15, -0.1) is 0 Å². The number of nitrogens with one attached hydrogen (secondary N) is 1. The maximum absolute atomic E-state index is 6.12. The molecular weight excluding hydrogens is 512 g/mol. The molecule has 1 saturated heterocycles. The Kier molecular flexibility index (Phi) is 9.28. The Hall–Kier alpha value is -2.05. The van der Waals surface area contributed by atoms with Crippen LogP contribution in [-0.4, -0.2) is 30.6 Å². The summed E-state index contributed by atoms with van der Waals surface area (Å²) in [6, 6.07) is 23.2. The third-order valence-electron chi connectivity index (χ3n) is 6.10. The zero-order valence-electron chi connectivity index (χ0n) is 19.6. The molecule has 1 N–H and O–H groups in total. The van der Waals surface area contributed by atoms with E-state index in [0.717, 1.165) is 65.6 Å². The number of piperidine rings is 1. The van der Waals surface area contributed by atoms with E-state index in [1.54, 1.807) is 0 Å². The van der Waals surface area contributed by atoms with Gasteiger partial charge in [0.15, 0.2) is 11.5 Å². The first kappa shape index (κ1) is 25.1. The van der Waals surface area contributed by atoms with Crippen LogP contribution in [0.5, 0.6) is 11.5 Å². The fourth-order valence-electron chi connectivity index (χ4n) is 4.26. The Balaban J connectivity index is 1.31. The average molecular weight is 544 g/mol. The van der Waals surface area contributed by atoms with Crippen molar-refractivity contribution in [3.05, 3.63) is 92.9 Å². The molecule has 3 aromatic carbocycles. The Morgan fingerprint density at radius 1 is 0.941 bits per heavy atom. The molecule has 0 atom stereocenters. The molecule has 0 unspecified atom stereocenters. The molecule has 0 amide bonds. The third kappa shape index (κ3) is 7.22. The van der Waals surface area contributed by atoms with Crippen molar-refractivity contribution in [2.45, 2.75) is 45.5 Å². The number of benzene rings is 3. The van der Waals surface area contributed by atoms with E-state index in [2.05, 4.69) is 68.6 Å². The van der Waals surface area contributed by atoms with Crippen molar-refractivity contribution in [2.24, 2.45) is 0 Å². The number of ether oxygens (including phenoxy) is 2. The third-order valence-corrected chi connectivity index (χ3v) is 6.94. The van der Waals surface area contributed by atoms with Crippen LogP contribution in [0, 0.1) is 0 Å². The van der Waals surface area contributed by atoms with Crippen LogP contribution in [0.4, 0.5) is 0 Å². The summed E-state index contributed by atoms with van der Waals surface area (Å²) < 4.78 is 12.9. The Morgan fingerprint density at radius 2 is 1.68 bits per heavy atom. The van der Waals surface area contributed by atoms with Crippen molar-refractivity contribution in [3.63, 3.8) is 0 Å². The highest BCUT2D eigenvalue weighted by atomic mass is 79.9. The molecule has 0 bridgehead atoms. The lowest BCUT2D eigenvalue weighted by Gasteiger charge is -2.32. The molecule has 1 aliphatic heterocycles. The van der Waals surface area contributed by atoms with Crippen LogP contribution in [0.3, 0.4) is 0 Å². The van der Waals surface area contributed by atoms with Crippen molar-refractivity contribution >= 4 is 27.5 Å². The summed E-state index contributed by atoms with van der Waals surface area (Å²) in [6.07, 6.45) is 2.32. The van der Waals surface area contributed by atoms with Gasteiger partial charge in [-0.05, 0) is 89.7 Å². The molecule has 1 fully saturated rings. The molecule has 4 rings (SSSR count). The van der Waals surface area contributed by atoms with Gasteiger partial charge in [0.25, 0.3) is 0 Å². The first-order valence-corrected chi connectivity index (χ1v) is 13.1. The minimum atomic E-state index is 0.453. The van der Waals surface area contributed by atoms with Crippen LogP contribution < -0.4 is 14.8 Å². The predicted octanol–water partition coefficient (Wildman–Crippen LogP) is 6.83. The molecule has 0 saturated carbocycles. The van der Waals surface area contributed by atoms with Gasteiger partial charge < -0.3 is 14.8 Å². The van der Waals surface area contributed by atoms with Crippen LogP contribution in [0.25, 0.3) is 0 Å². The number of hydrogen-bond donors (Lipinski definition) is 1. The zero-order chi connectivity index (χ0) is 23.8. The summed E-state index contributed by atoms with van der Waals surface area (Å²) in [5.74, 6) is 1.50. The molecule has 0 radical (unpaired) electrons. The van der Waals surface area contributed by atoms with Crippen molar-refractivity contribution in [1.82, 2.24) is 10.2 Å². The normalized spacial score (nSPS) is 14.8. The summed E-state index contributed by atoms with van der Waals surface area (Å²) in [7, 11) is 0. The molecule has 1 heterocycles. The van der Waals surface area contributed by atoms with Crippen molar-refractivity contribution in [2.75, 3.05) is 19.7 Å². The van der Waals surface area contributed by atoms with E-state index in [1.807, 2.05) is 31.2 Å². The molecule has 4 nitrogen and oxygen atoms in total. The highest BCUT2D eigenvalue weighted by Crippen LogP contribution is 2.37. The van der Waals surface area contributed by atoms with Gasteiger partial charge in [-0.1, -0.05) is 54.1 Å². The van der Waals surface area contributed by atoms with E-state index >= 15 is 0 Å². The quantitative estimate of drug-likeness (QED) is 0.304. The van der Waals surface area contributed by atoms with Crippen molar-refractivity contribution in [3.8, 4) is 11.5 Å². The van der Waals surface area contributed by atoms with Gasteiger partial charge in [-0.25, -0.2) is 0 Å². The first-order chi connectivity index (χ1) is 16.6. The van der Waals surface area contributed by atoms with Crippen LogP contribution >= 0.6 is 27.5 Å². The van der Waals surface area contributed by atoms with E-state index in [-0.39, 0.29) is 0 Å². The highest BCUT2D eigenvalue weighted by molar-refractivity contribution is 9.10. The number of rotatable bonds is 10. The summed E-state index contributed by atoms with van der Waals surface area (Å²) in [5.41, 5.74) is 3.63. The molecule has 1 aliphatic rings. The van der Waals surface area contributed by atoms with Crippen molar-refractivity contribution < 1.29 is 9.47 Å². The van der Waals surface area contributed by atoms with Crippen LogP contribution in [0.1, 0.15) is 36.5 Å². The second-order valence-electron chi connectivity index (χ2n) is 8.67. The number of halogens is 2. The molecule has 3 aromatic rings. The molecule has 0 aliphatic carbocycles. The highest BCUT2D eigenvalue weighted by Gasteiger charge is 2.19. The molecule has 6 heteroatoms. The van der Waals surface area contributed by atoms with E-state index in [4.69, 9.17) is 21.1 Å². The number of likely N-dealkylation sites (tertiary alicyclic amines) is 1. The summed E-state index contributed by atoms with van der Waals surface area (Å²) in [6.45, 7) is 7.12. The smallest absolute Gasteiger partial charge is 0.175 e. The molecule has 34 heavy (non-hydrogen) atoms. The number of hydrogen-bond acceptors (Lipinski definition) is 4. The van der Waals surface area contributed by atoms with Crippen LogP contribution in [0.15, 0.2) is 71.2 Å². The Labute approximate surface area is 216 Å². The first-order valence-electron chi connectivity index (χ1n) is 11.9. The van der Waals surface area contributed by atoms with E-state index < -0.39 is 0 Å². The summed E-state index contributed by atoms with van der Waals surface area (Å²) in [5, 5.41) is 4.47. The summed E-state index contributed by atoms with van der Waals surface area (Å²) >= 11 is 9.69. The van der Waals surface area contributed by atoms with Crippen LogP contribution in [-0.2, 0) is 19.7 Å². The molecular formula is C28H32BrClN2O2. The minimum absolute atomic E-state index is 0.453. The van der Waals surface area contributed by atoms with E-state index in [0.29, 0.717) is 19.3 Å². The second-order valence-corrected chi connectivity index (χ2v) is 9.96. The average Bonchev–Trinajstić information content (AvgIpc) is 2.85. The molecule has 180 valence electrons. The van der Waals surface area contributed by atoms with Gasteiger partial charge >= 0.3 is 0 Å². The Bertz CT molecular complexity index is 1040. The van der Waals surface area contributed by atoms with Crippen molar-refractivity contribution in [1.29, 1.82) is 0 Å². The number of nitrogens with zero attached hydrogens (tertiary/aromatic N) is 1. The maximum atomic E-state index is 6.12. The van der Waals surface area contributed by atoms with Crippen LogP contribution in [0.2, 0.25) is 5.02 Å². The van der Waals surface area contributed by atoms with Gasteiger partial charge in [-0.2, -0.15) is 0 Å². The fourth-order valence-corrected chi connectivity index (χ4v) is 4.99. The second kappa shape index (κ2) is 12.6. The standard InChI is InChI=1S/C28H32BrClN2O2/c1-2-33-27-17-23(16-26(29)28(27)34-20-22-8-10-24(30)11-9-22)18-31-25-12-14-32(15-13-25)19-21-6-4-3-5-7-21/h3-11,16-17,25,31H,2,12-15,18-20H2,1H3. The van der Waals surface area contributed by atoms with Gasteiger partial charge in [-0.3, -0.25) is 4.90 Å².